The third-order valence-corrected chi connectivity index (χ3v) is 5.09. The number of carbonyl (C=O) groups is 1. The largest absolute Gasteiger partial charge is 0.341 e. The molecule has 0 aromatic heterocycles. The summed E-state index contributed by atoms with van der Waals surface area (Å²) in [5, 5.41) is 5.86. The second-order valence-electron chi connectivity index (χ2n) is 5.40. The summed E-state index contributed by atoms with van der Waals surface area (Å²) >= 11 is 0. The molecule has 0 bridgehead atoms. The Morgan fingerprint density at radius 1 is 1.39 bits per heavy atom. The van der Waals surface area contributed by atoms with Gasteiger partial charge in [-0.3, -0.25) is 9.69 Å². The van der Waals surface area contributed by atoms with Crippen molar-refractivity contribution in [2.75, 3.05) is 31.5 Å². The molecule has 2 N–H and O–H groups in total. The highest BCUT2D eigenvalue weighted by atomic mass is 32.2. The molecule has 1 heterocycles. The Morgan fingerprint density at radius 3 is 2.61 bits per heavy atom. The normalized spacial score (nSPS) is 19.7. The minimum Gasteiger partial charge on any atom is -0.325 e. The van der Waals surface area contributed by atoms with Crippen molar-refractivity contribution in [3.63, 3.8) is 0 Å². The van der Waals surface area contributed by atoms with Crippen LogP contribution in [0.2, 0.25) is 0 Å². The molecule has 1 fully saturated rings. The maximum Gasteiger partial charge on any atom is 0.341 e. The summed E-state index contributed by atoms with van der Waals surface area (Å²) in [5.74, 6) is -3.69. The first kappa shape index (κ1) is 17.8. The monoisotopic (exact) mass is 347 g/mol. The molecule has 128 valence electrons. The van der Waals surface area contributed by atoms with Crippen molar-refractivity contribution in [3.05, 3.63) is 24.3 Å². The average molecular weight is 347 g/mol. The summed E-state index contributed by atoms with van der Waals surface area (Å²) in [6.07, 6.45) is 0. The number of halogens is 2. The highest BCUT2D eigenvalue weighted by Crippen LogP contribution is 2.20. The molecule has 0 radical (unpaired) electrons. The van der Waals surface area contributed by atoms with Gasteiger partial charge < -0.3 is 10.6 Å². The van der Waals surface area contributed by atoms with Crippen LogP contribution >= 0.6 is 0 Å². The molecule has 0 spiro atoms. The smallest absolute Gasteiger partial charge is 0.325 e. The fourth-order valence-electron chi connectivity index (χ4n) is 2.33. The predicted octanol–water partition coefficient (Wildman–Crippen LogP) is 0.915. The lowest BCUT2D eigenvalue weighted by atomic mass is 10.2. The Morgan fingerprint density at radius 2 is 2.04 bits per heavy atom. The van der Waals surface area contributed by atoms with Crippen LogP contribution in [0.5, 0.6) is 0 Å². The first-order chi connectivity index (χ1) is 10.8. The number of nitrogens with zero attached hydrogens (tertiary/aromatic N) is 1. The summed E-state index contributed by atoms with van der Waals surface area (Å²) < 4.78 is 47.5. The lowest BCUT2D eigenvalue weighted by Crippen LogP contribution is -2.51. The minimum atomic E-state index is -4.61. The molecule has 0 unspecified atom stereocenters. The van der Waals surface area contributed by atoms with E-state index in [1.165, 1.54) is 12.1 Å². The third kappa shape index (κ3) is 4.46. The number of anilines is 1. The minimum absolute atomic E-state index is 0.222. The molecule has 1 saturated heterocycles. The fraction of sp³-hybridized carbons (Fsp3) is 0.500. The Balaban J connectivity index is 1.97. The van der Waals surface area contributed by atoms with E-state index >= 15 is 0 Å². The van der Waals surface area contributed by atoms with E-state index in [0.717, 1.165) is 31.8 Å². The van der Waals surface area contributed by atoms with Gasteiger partial charge in [0.2, 0.25) is 15.7 Å². The summed E-state index contributed by atoms with van der Waals surface area (Å²) in [6, 6.07) is 4.96. The number of rotatable bonds is 5. The van der Waals surface area contributed by atoms with Crippen LogP contribution in [0, 0.1) is 0 Å². The molecule has 1 aromatic carbocycles. The standard InChI is InChI=1S/C14H19F2N3O3S/c1-10-8-17-6-7-19(10)9-13(20)18-11-2-4-12(5-3-11)23(21,22)14(15)16/h2-5,10,14,17H,6-9H2,1H3,(H,18,20)/t10-/m1/s1. The number of piperazine rings is 1. The van der Waals surface area contributed by atoms with Gasteiger partial charge in [-0.25, -0.2) is 8.42 Å². The van der Waals surface area contributed by atoms with Gasteiger partial charge in [-0.1, -0.05) is 0 Å². The van der Waals surface area contributed by atoms with Gasteiger partial charge in [0.25, 0.3) is 0 Å². The van der Waals surface area contributed by atoms with Crippen LogP contribution in [-0.4, -0.2) is 57.2 Å². The molecule has 0 aliphatic carbocycles. The molecular weight excluding hydrogens is 328 g/mol. The number of carbonyl (C=O) groups excluding carboxylic acids is 1. The van der Waals surface area contributed by atoms with Gasteiger partial charge in [0, 0.05) is 31.4 Å². The van der Waals surface area contributed by atoms with Crippen molar-refractivity contribution in [1.82, 2.24) is 10.2 Å². The lowest BCUT2D eigenvalue weighted by molar-refractivity contribution is -0.118. The molecule has 1 amide bonds. The van der Waals surface area contributed by atoms with E-state index in [2.05, 4.69) is 10.6 Å². The zero-order chi connectivity index (χ0) is 17.0. The van der Waals surface area contributed by atoms with Gasteiger partial charge in [-0.2, -0.15) is 8.78 Å². The summed E-state index contributed by atoms with van der Waals surface area (Å²) in [6.45, 7) is 4.63. The molecule has 1 aromatic rings. The van der Waals surface area contributed by atoms with Crippen LogP contribution in [0.4, 0.5) is 14.5 Å². The summed E-state index contributed by atoms with van der Waals surface area (Å²) in [5.41, 5.74) is 0.367. The predicted molar refractivity (Wildman–Crippen MR) is 82.2 cm³/mol. The molecule has 6 nitrogen and oxygen atoms in total. The quantitative estimate of drug-likeness (QED) is 0.828. The summed E-state index contributed by atoms with van der Waals surface area (Å²) in [7, 11) is -4.61. The molecule has 1 aliphatic heterocycles. The first-order valence-electron chi connectivity index (χ1n) is 7.17. The van der Waals surface area contributed by atoms with Crippen molar-refractivity contribution >= 4 is 21.4 Å². The van der Waals surface area contributed by atoms with E-state index < -0.39 is 20.5 Å². The van der Waals surface area contributed by atoms with Crippen LogP contribution in [0.1, 0.15) is 6.92 Å². The van der Waals surface area contributed by atoms with Crippen LogP contribution in [-0.2, 0) is 14.6 Å². The number of benzene rings is 1. The fourth-order valence-corrected chi connectivity index (χ4v) is 3.05. The first-order valence-corrected chi connectivity index (χ1v) is 8.72. The van der Waals surface area contributed by atoms with Crippen molar-refractivity contribution in [3.8, 4) is 0 Å². The molecule has 2 rings (SSSR count). The van der Waals surface area contributed by atoms with Gasteiger partial charge in [0.05, 0.1) is 11.4 Å². The Hall–Kier alpha value is -1.58. The topological polar surface area (TPSA) is 78.5 Å². The highest BCUT2D eigenvalue weighted by Gasteiger charge is 2.26. The lowest BCUT2D eigenvalue weighted by Gasteiger charge is -2.33. The van der Waals surface area contributed by atoms with Crippen molar-refractivity contribution in [2.45, 2.75) is 23.6 Å². The molecule has 0 saturated carbocycles. The maximum absolute atomic E-state index is 12.4. The van der Waals surface area contributed by atoms with E-state index in [-0.39, 0.29) is 18.5 Å². The van der Waals surface area contributed by atoms with Crippen LogP contribution in [0.25, 0.3) is 0 Å². The maximum atomic E-state index is 12.4. The average Bonchev–Trinajstić information content (AvgIpc) is 2.50. The van der Waals surface area contributed by atoms with Gasteiger partial charge >= 0.3 is 5.76 Å². The highest BCUT2D eigenvalue weighted by molar-refractivity contribution is 7.91. The summed E-state index contributed by atoms with van der Waals surface area (Å²) in [4.78, 5) is 13.6. The van der Waals surface area contributed by atoms with E-state index in [1.54, 1.807) is 0 Å². The SMILES string of the molecule is C[C@@H]1CNCCN1CC(=O)Nc1ccc(S(=O)(=O)C(F)F)cc1. The molecule has 23 heavy (non-hydrogen) atoms. The van der Waals surface area contributed by atoms with Crippen LogP contribution in [0.15, 0.2) is 29.2 Å². The molecule has 9 heteroatoms. The van der Waals surface area contributed by atoms with Crippen LogP contribution in [0.3, 0.4) is 0 Å². The van der Waals surface area contributed by atoms with E-state index in [9.17, 15) is 22.0 Å². The van der Waals surface area contributed by atoms with Gasteiger partial charge in [0.1, 0.15) is 0 Å². The second kappa shape index (κ2) is 7.33. The zero-order valence-corrected chi connectivity index (χ0v) is 13.4. The molecule has 1 aliphatic rings. The van der Waals surface area contributed by atoms with Crippen molar-refractivity contribution in [2.24, 2.45) is 0 Å². The van der Waals surface area contributed by atoms with E-state index in [4.69, 9.17) is 0 Å². The number of hydrogen-bond donors (Lipinski definition) is 2. The Kier molecular flexibility index (Phi) is 5.66. The van der Waals surface area contributed by atoms with E-state index in [1.807, 2.05) is 11.8 Å². The Bertz CT molecular complexity index is 650. The van der Waals surface area contributed by atoms with Crippen LogP contribution < -0.4 is 10.6 Å². The number of hydrogen-bond acceptors (Lipinski definition) is 5. The van der Waals surface area contributed by atoms with Gasteiger partial charge in [0.15, 0.2) is 0 Å². The number of alkyl halides is 2. The third-order valence-electron chi connectivity index (χ3n) is 3.69. The van der Waals surface area contributed by atoms with E-state index in [0.29, 0.717) is 5.69 Å². The number of nitrogens with one attached hydrogen (secondary N) is 2. The van der Waals surface area contributed by atoms with Crippen molar-refractivity contribution < 1.29 is 22.0 Å². The second-order valence-corrected chi connectivity index (χ2v) is 7.32. The number of amides is 1. The Labute approximate surface area is 133 Å². The molecule has 1 atom stereocenters. The molecular formula is C14H19F2N3O3S. The number of sulfone groups is 1. The zero-order valence-electron chi connectivity index (χ0n) is 12.6. The van der Waals surface area contributed by atoms with Crippen molar-refractivity contribution in [1.29, 1.82) is 0 Å². The van der Waals surface area contributed by atoms with Gasteiger partial charge in [-0.15, -0.1) is 0 Å². The van der Waals surface area contributed by atoms with Gasteiger partial charge in [-0.05, 0) is 31.2 Å².